The van der Waals surface area contributed by atoms with Gasteiger partial charge in [0, 0.05) is 12.1 Å². The van der Waals surface area contributed by atoms with Crippen LogP contribution in [0.4, 0.5) is 0 Å². The molecule has 0 heterocycles. The number of carboxylic acids is 1. The van der Waals surface area contributed by atoms with Crippen LogP contribution in [0.5, 0.6) is 0 Å². The largest absolute Gasteiger partial charge is 0.478 e. The average Bonchev–Trinajstić information content (AvgIpc) is 2.53. The van der Waals surface area contributed by atoms with Gasteiger partial charge in [-0.25, -0.2) is 17.9 Å². The molecule has 2 aromatic carbocycles. The van der Waals surface area contributed by atoms with E-state index in [0.717, 1.165) is 0 Å². The molecule has 0 saturated carbocycles. The topological polar surface area (TPSA) is 127 Å². The molecule has 0 atom stereocenters. The van der Waals surface area contributed by atoms with Crippen molar-refractivity contribution in [2.24, 2.45) is 5.73 Å². The van der Waals surface area contributed by atoms with E-state index < -0.39 is 21.9 Å². The Balaban J connectivity index is 2.14. The van der Waals surface area contributed by atoms with Gasteiger partial charge < -0.3 is 10.8 Å². The van der Waals surface area contributed by atoms with Crippen LogP contribution in [0.3, 0.4) is 0 Å². The quantitative estimate of drug-likeness (QED) is 0.725. The first-order valence-electron chi connectivity index (χ1n) is 6.51. The maximum Gasteiger partial charge on any atom is 0.335 e. The molecule has 7 nitrogen and oxygen atoms in total. The smallest absolute Gasteiger partial charge is 0.335 e. The molecule has 0 aliphatic carbocycles. The second kappa shape index (κ2) is 6.59. The molecule has 23 heavy (non-hydrogen) atoms. The summed E-state index contributed by atoms with van der Waals surface area (Å²) in [5.41, 5.74) is 5.94. The van der Waals surface area contributed by atoms with E-state index in [2.05, 4.69) is 4.72 Å². The molecule has 0 bridgehead atoms. The number of nitrogens with two attached hydrogens (primary N) is 1. The van der Waals surface area contributed by atoms with Crippen molar-refractivity contribution in [3.63, 3.8) is 0 Å². The standard InChI is InChI=1S/C15H14N2O5S/c16-14(18)12-2-1-3-13(8-12)23(21,22)17-9-10-4-6-11(7-5-10)15(19)20/h1-8,17H,9H2,(H2,16,18)(H,19,20). The third-order valence-corrected chi connectivity index (χ3v) is 4.49. The molecule has 0 spiro atoms. The monoisotopic (exact) mass is 334 g/mol. The zero-order valence-corrected chi connectivity index (χ0v) is 12.7. The van der Waals surface area contributed by atoms with Crippen LogP contribution in [0.15, 0.2) is 53.4 Å². The highest BCUT2D eigenvalue weighted by molar-refractivity contribution is 7.89. The van der Waals surface area contributed by atoms with Crippen LogP contribution in [0.25, 0.3) is 0 Å². The van der Waals surface area contributed by atoms with Crippen molar-refractivity contribution in [2.45, 2.75) is 11.4 Å². The van der Waals surface area contributed by atoms with E-state index in [1.807, 2.05) is 0 Å². The third kappa shape index (κ3) is 4.15. The van der Waals surface area contributed by atoms with Crippen molar-refractivity contribution in [3.05, 3.63) is 65.2 Å². The van der Waals surface area contributed by atoms with Gasteiger partial charge in [0.2, 0.25) is 15.9 Å². The van der Waals surface area contributed by atoms with Gasteiger partial charge in [0.15, 0.2) is 0 Å². The Labute approximate surface area is 132 Å². The average molecular weight is 334 g/mol. The first-order chi connectivity index (χ1) is 10.8. The highest BCUT2D eigenvalue weighted by atomic mass is 32.2. The minimum absolute atomic E-state index is 0.0109. The van der Waals surface area contributed by atoms with Gasteiger partial charge in [-0.2, -0.15) is 0 Å². The van der Waals surface area contributed by atoms with Gasteiger partial charge in [-0.1, -0.05) is 18.2 Å². The number of hydrogen-bond acceptors (Lipinski definition) is 4. The van der Waals surface area contributed by atoms with Crippen molar-refractivity contribution in [1.29, 1.82) is 0 Å². The molecule has 0 fully saturated rings. The summed E-state index contributed by atoms with van der Waals surface area (Å²) in [4.78, 5) is 21.8. The highest BCUT2D eigenvalue weighted by Gasteiger charge is 2.15. The van der Waals surface area contributed by atoms with Crippen LogP contribution >= 0.6 is 0 Å². The van der Waals surface area contributed by atoms with Gasteiger partial charge in [0.05, 0.1) is 10.5 Å². The summed E-state index contributed by atoms with van der Waals surface area (Å²) < 4.78 is 26.8. The van der Waals surface area contributed by atoms with E-state index in [-0.39, 0.29) is 22.6 Å². The van der Waals surface area contributed by atoms with Gasteiger partial charge in [-0.05, 0) is 35.9 Å². The third-order valence-electron chi connectivity index (χ3n) is 3.10. The van der Waals surface area contributed by atoms with Gasteiger partial charge in [0.25, 0.3) is 0 Å². The Hall–Kier alpha value is -2.71. The zero-order valence-electron chi connectivity index (χ0n) is 11.9. The van der Waals surface area contributed by atoms with Gasteiger partial charge in [0.1, 0.15) is 0 Å². The number of aromatic carboxylic acids is 1. The van der Waals surface area contributed by atoms with E-state index in [0.29, 0.717) is 5.56 Å². The summed E-state index contributed by atoms with van der Waals surface area (Å²) in [6.07, 6.45) is 0. The Morgan fingerprint density at radius 2 is 1.70 bits per heavy atom. The summed E-state index contributed by atoms with van der Waals surface area (Å²) in [6, 6.07) is 11.2. The molecule has 0 aromatic heterocycles. The van der Waals surface area contributed by atoms with Crippen LogP contribution in [0.1, 0.15) is 26.3 Å². The number of amides is 1. The molecule has 1 amide bonds. The van der Waals surface area contributed by atoms with E-state index in [1.54, 1.807) is 0 Å². The van der Waals surface area contributed by atoms with Crippen LogP contribution in [0, 0.1) is 0 Å². The lowest BCUT2D eigenvalue weighted by atomic mass is 10.1. The molecule has 4 N–H and O–H groups in total. The first kappa shape index (κ1) is 16.7. The van der Waals surface area contributed by atoms with Crippen LogP contribution in [0.2, 0.25) is 0 Å². The lowest BCUT2D eigenvalue weighted by Gasteiger charge is -2.08. The van der Waals surface area contributed by atoms with E-state index in [1.165, 1.54) is 48.5 Å². The minimum atomic E-state index is -3.82. The molecule has 0 aliphatic rings. The lowest BCUT2D eigenvalue weighted by molar-refractivity contribution is 0.0696. The predicted octanol–water partition coefficient (Wildman–Crippen LogP) is 0.962. The Morgan fingerprint density at radius 1 is 1.04 bits per heavy atom. The van der Waals surface area contributed by atoms with Crippen molar-refractivity contribution in [3.8, 4) is 0 Å². The molecule has 0 unspecified atom stereocenters. The number of benzene rings is 2. The molecular formula is C15H14N2O5S. The van der Waals surface area contributed by atoms with Crippen LogP contribution < -0.4 is 10.5 Å². The molecule has 0 saturated heterocycles. The predicted molar refractivity (Wildman–Crippen MR) is 82.4 cm³/mol. The first-order valence-corrected chi connectivity index (χ1v) is 8.00. The van der Waals surface area contributed by atoms with Gasteiger partial charge in [-0.15, -0.1) is 0 Å². The normalized spacial score (nSPS) is 11.1. The number of carboxylic acid groups (broad SMARTS) is 1. The van der Waals surface area contributed by atoms with E-state index in [9.17, 15) is 18.0 Å². The molecular weight excluding hydrogens is 320 g/mol. The summed E-state index contributed by atoms with van der Waals surface area (Å²) in [6.45, 7) is -0.0109. The van der Waals surface area contributed by atoms with Gasteiger partial charge in [-0.3, -0.25) is 4.79 Å². The number of carbonyl (C=O) groups excluding carboxylic acids is 1. The number of primary amides is 1. The van der Waals surface area contributed by atoms with Crippen LogP contribution in [-0.2, 0) is 16.6 Å². The maximum atomic E-state index is 12.2. The van der Waals surface area contributed by atoms with Crippen molar-refractivity contribution in [1.82, 2.24) is 4.72 Å². The molecule has 0 radical (unpaired) electrons. The summed E-state index contributed by atoms with van der Waals surface area (Å²) in [5.74, 6) is -1.77. The number of rotatable bonds is 6. The minimum Gasteiger partial charge on any atom is -0.478 e. The van der Waals surface area contributed by atoms with Gasteiger partial charge >= 0.3 is 5.97 Å². The Bertz CT molecular complexity index is 844. The molecule has 120 valence electrons. The zero-order chi connectivity index (χ0) is 17.0. The number of sulfonamides is 1. The second-order valence-electron chi connectivity index (χ2n) is 4.72. The fraction of sp³-hybridized carbons (Fsp3) is 0.0667. The maximum absolute atomic E-state index is 12.2. The van der Waals surface area contributed by atoms with E-state index in [4.69, 9.17) is 10.8 Å². The molecule has 0 aliphatic heterocycles. The number of hydrogen-bond donors (Lipinski definition) is 3. The number of nitrogens with one attached hydrogen (secondary N) is 1. The molecule has 8 heteroatoms. The lowest BCUT2D eigenvalue weighted by Crippen LogP contribution is -2.23. The SMILES string of the molecule is NC(=O)c1cccc(S(=O)(=O)NCc2ccc(C(=O)O)cc2)c1. The highest BCUT2D eigenvalue weighted by Crippen LogP contribution is 2.12. The van der Waals surface area contributed by atoms with Crippen molar-refractivity contribution in [2.75, 3.05) is 0 Å². The summed E-state index contributed by atoms with van der Waals surface area (Å²) >= 11 is 0. The second-order valence-corrected chi connectivity index (χ2v) is 6.49. The van der Waals surface area contributed by atoms with E-state index >= 15 is 0 Å². The summed E-state index contributed by atoms with van der Waals surface area (Å²) in [5, 5.41) is 8.81. The fourth-order valence-electron chi connectivity index (χ4n) is 1.84. The van der Waals surface area contributed by atoms with Crippen molar-refractivity contribution < 1.29 is 23.1 Å². The Kier molecular flexibility index (Phi) is 4.77. The van der Waals surface area contributed by atoms with Crippen molar-refractivity contribution >= 4 is 21.9 Å². The Morgan fingerprint density at radius 3 is 2.26 bits per heavy atom. The summed E-state index contributed by atoms with van der Waals surface area (Å²) in [7, 11) is -3.82. The fourth-order valence-corrected chi connectivity index (χ4v) is 2.91. The number of carbonyl (C=O) groups is 2. The molecule has 2 rings (SSSR count). The molecule has 2 aromatic rings. The van der Waals surface area contributed by atoms with Crippen LogP contribution in [-0.4, -0.2) is 25.4 Å².